The van der Waals surface area contributed by atoms with Gasteiger partial charge in [0.1, 0.15) is 23.9 Å². The summed E-state index contributed by atoms with van der Waals surface area (Å²) in [7, 11) is 0. The van der Waals surface area contributed by atoms with Crippen LogP contribution >= 0.6 is 0 Å². The second-order valence-corrected chi connectivity index (χ2v) is 15.5. The first-order valence-corrected chi connectivity index (χ1v) is 17.8. The monoisotopic (exact) mass is 733 g/mol. The lowest BCUT2D eigenvalue weighted by atomic mass is 9.44. The zero-order valence-electron chi connectivity index (χ0n) is 30.7. The number of ketones is 1. The van der Waals surface area contributed by atoms with Crippen LogP contribution in [0.4, 0.5) is 0 Å². The molecule has 13 heteroatoms. The molecule has 1 saturated heterocycles. The summed E-state index contributed by atoms with van der Waals surface area (Å²) in [6, 6.07) is 16.3. The number of carbonyl (C=O) groups excluding carboxylic acids is 5. The Morgan fingerprint density at radius 3 is 2.13 bits per heavy atom. The fourth-order valence-corrected chi connectivity index (χ4v) is 9.22. The lowest BCUT2D eigenvalue weighted by Gasteiger charge is -2.67. The minimum absolute atomic E-state index is 0.123. The molecule has 1 aliphatic heterocycles. The highest BCUT2D eigenvalue weighted by molar-refractivity contribution is 5.95. The average molecular weight is 734 g/mol. The summed E-state index contributed by atoms with van der Waals surface area (Å²) in [6.07, 6.45) is -7.80. The zero-order chi connectivity index (χ0) is 38.7. The van der Waals surface area contributed by atoms with Gasteiger partial charge in [-0.15, -0.1) is 0 Å². The van der Waals surface area contributed by atoms with E-state index in [-0.39, 0.29) is 37.0 Å². The lowest BCUT2D eigenvalue weighted by molar-refractivity contribution is -0.346. The van der Waals surface area contributed by atoms with Gasteiger partial charge in [-0.1, -0.05) is 62.4 Å². The van der Waals surface area contributed by atoms with Crippen molar-refractivity contribution in [2.75, 3.05) is 6.61 Å². The van der Waals surface area contributed by atoms with Gasteiger partial charge in [0.25, 0.3) is 0 Å². The zero-order valence-corrected chi connectivity index (χ0v) is 30.7. The number of hydrogen-bond donors (Lipinski definition) is 3. The van der Waals surface area contributed by atoms with Gasteiger partial charge in [-0.05, 0) is 42.7 Å². The summed E-state index contributed by atoms with van der Waals surface area (Å²) in [5, 5.41) is 25.4. The fourth-order valence-electron chi connectivity index (χ4n) is 9.22. The van der Waals surface area contributed by atoms with Gasteiger partial charge in [0, 0.05) is 38.1 Å². The largest absolute Gasteiger partial charge is 0.458 e. The average Bonchev–Trinajstić information content (AvgIpc) is 3.10. The molecule has 2 saturated carbocycles. The summed E-state index contributed by atoms with van der Waals surface area (Å²) in [4.78, 5) is 68.6. The van der Waals surface area contributed by atoms with Gasteiger partial charge in [-0.2, -0.15) is 0 Å². The molecule has 6 rings (SSSR count). The van der Waals surface area contributed by atoms with Crippen molar-refractivity contribution in [1.82, 2.24) is 0 Å². The molecule has 0 amide bonds. The molecule has 3 aliphatic carbocycles. The van der Waals surface area contributed by atoms with Crippen molar-refractivity contribution in [2.45, 2.75) is 109 Å². The van der Waals surface area contributed by atoms with Gasteiger partial charge in [0.15, 0.2) is 17.5 Å². The molecule has 0 aromatic heterocycles. The van der Waals surface area contributed by atoms with E-state index in [1.165, 1.54) is 26.0 Å². The normalized spacial score (nSPS) is 34.8. The Balaban J connectivity index is 1.57. The minimum Gasteiger partial charge on any atom is -0.458 e. The van der Waals surface area contributed by atoms with Crippen LogP contribution in [0.3, 0.4) is 0 Å². The molecular weight excluding hydrogens is 686 g/mol. The van der Waals surface area contributed by atoms with Crippen LogP contribution in [0.5, 0.6) is 0 Å². The van der Waals surface area contributed by atoms with Crippen LogP contribution < -0.4 is 5.73 Å². The van der Waals surface area contributed by atoms with E-state index in [2.05, 4.69) is 0 Å². The first-order chi connectivity index (χ1) is 24.9. The maximum atomic E-state index is 15.3. The second-order valence-electron chi connectivity index (χ2n) is 15.5. The molecule has 3 fully saturated rings. The highest BCUT2D eigenvalue weighted by Crippen LogP contribution is 2.64. The molecule has 0 unspecified atom stereocenters. The van der Waals surface area contributed by atoms with E-state index in [1.807, 2.05) is 6.07 Å². The van der Waals surface area contributed by atoms with E-state index < -0.39 is 94.2 Å². The summed E-state index contributed by atoms with van der Waals surface area (Å²) >= 11 is 0. The van der Waals surface area contributed by atoms with Crippen molar-refractivity contribution >= 4 is 29.7 Å². The highest BCUT2D eigenvalue weighted by Gasteiger charge is 2.78. The predicted molar refractivity (Wildman–Crippen MR) is 187 cm³/mol. The van der Waals surface area contributed by atoms with Gasteiger partial charge in [0.2, 0.25) is 0 Å². The highest BCUT2D eigenvalue weighted by atomic mass is 16.6. The molecule has 4 N–H and O–H groups in total. The van der Waals surface area contributed by atoms with Crippen LogP contribution in [-0.4, -0.2) is 88.2 Å². The maximum absolute atomic E-state index is 15.3. The van der Waals surface area contributed by atoms with Crippen molar-refractivity contribution in [2.24, 2.45) is 22.5 Å². The summed E-state index contributed by atoms with van der Waals surface area (Å²) in [5.74, 6) is -5.36. The number of hydrogen-bond acceptors (Lipinski definition) is 13. The van der Waals surface area contributed by atoms with Gasteiger partial charge in [-0.3, -0.25) is 19.2 Å². The first kappa shape index (κ1) is 38.3. The van der Waals surface area contributed by atoms with E-state index in [0.29, 0.717) is 11.1 Å². The van der Waals surface area contributed by atoms with Crippen LogP contribution in [0.2, 0.25) is 0 Å². The van der Waals surface area contributed by atoms with Crippen LogP contribution in [-0.2, 0) is 42.9 Å². The molecule has 1 heterocycles. The van der Waals surface area contributed by atoms with Gasteiger partial charge in [0.05, 0.1) is 36.0 Å². The number of benzene rings is 2. The molecule has 284 valence electrons. The molecule has 13 nitrogen and oxygen atoms in total. The Kier molecular flexibility index (Phi) is 9.95. The molecule has 4 aliphatic rings. The number of aliphatic hydroxyl groups excluding tert-OH is 1. The molecule has 2 aromatic rings. The Labute approximate surface area is 307 Å². The Morgan fingerprint density at radius 2 is 1.57 bits per heavy atom. The third kappa shape index (κ3) is 6.17. The van der Waals surface area contributed by atoms with Crippen LogP contribution in [0, 0.1) is 16.7 Å². The second kappa shape index (κ2) is 13.8. The molecular formula is C40H47NO12. The number of carbonyl (C=O) groups is 5. The topological polar surface area (TPSA) is 198 Å². The molecule has 0 spiro atoms. The van der Waals surface area contributed by atoms with Gasteiger partial charge >= 0.3 is 23.9 Å². The molecule has 53 heavy (non-hydrogen) atoms. The van der Waals surface area contributed by atoms with E-state index in [9.17, 15) is 29.4 Å². The van der Waals surface area contributed by atoms with Crippen molar-refractivity contribution in [3.05, 3.63) is 82.9 Å². The number of aliphatic hydroxyl groups is 2. The number of nitrogens with two attached hydrogens (primary N) is 1. The van der Waals surface area contributed by atoms with Crippen LogP contribution in [0.25, 0.3) is 0 Å². The number of rotatable bonds is 8. The fraction of sp³-hybridized carbons (Fsp3) is 0.525. The standard InChI is InChI=1S/C40H47NO12/c1-21-27(51-30(45)17-26(41)24-13-9-7-10-14-24)19-40(48)35(52-36(47)25-15-11-8-12-16-25)33-38(6,28(44)18-29-39(33,20-49-29)53-23(3)43)34(46)32(50-22(2)42)31(21)37(40,4)5/h7-16,26-29,32-33,35,44,48H,17-20,41H2,1-6H3/t26-,27-,28-,29+,32+,33-,35-,38+,39-,40+/m0/s1. The van der Waals surface area contributed by atoms with Gasteiger partial charge in [-0.25, -0.2) is 4.79 Å². The quantitative estimate of drug-likeness (QED) is 0.203. The minimum atomic E-state index is -2.23. The van der Waals surface area contributed by atoms with E-state index >= 15 is 4.79 Å². The Morgan fingerprint density at radius 1 is 0.943 bits per heavy atom. The van der Waals surface area contributed by atoms with Crippen molar-refractivity contribution in [3.8, 4) is 0 Å². The van der Waals surface area contributed by atoms with Crippen molar-refractivity contribution < 1.29 is 57.9 Å². The summed E-state index contributed by atoms with van der Waals surface area (Å²) in [5.41, 5.74) is 0.239. The summed E-state index contributed by atoms with van der Waals surface area (Å²) in [6.45, 7) is 8.38. The number of ether oxygens (including phenoxy) is 5. The van der Waals surface area contributed by atoms with Crippen LogP contribution in [0.15, 0.2) is 71.8 Å². The van der Waals surface area contributed by atoms with E-state index in [1.54, 1.807) is 63.2 Å². The third-order valence-corrected chi connectivity index (χ3v) is 12.1. The van der Waals surface area contributed by atoms with Gasteiger partial charge < -0.3 is 39.6 Å². The number of Topliss-reactive ketones (excluding diaryl/α,β-unsaturated/α-hetero) is 1. The van der Waals surface area contributed by atoms with E-state index in [4.69, 9.17) is 29.4 Å². The van der Waals surface area contributed by atoms with E-state index in [0.717, 1.165) is 6.92 Å². The third-order valence-electron chi connectivity index (χ3n) is 12.1. The lowest BCUT2D eigenvalue weighted by Crippen LogP contribution is -2.82. The Bertz CT molecular complexity index is 1830. The number of fused-ring (bicyclic) bond motifs is 5. The SMILES string of the molecule is CC(=O)O[C@H]1C(=O)[C@@]2(C)[C@H]([C@H](OC(=O)c3ccccc3)[C@]3(O)C[C@H](OC(=O)C[C@H](N)c4ccccc4)C(C)=C1C3(C)C)[C@]1(OC(C)=O)CO[C@@H]1C[C@@H]2O. The smallest absolute Gasteiger partial charge is 0.338 e. The van der Waals surface area contributed by atoms with Crippen molar-refractivity contribution in [1.29, 1.82) is 0 Å². The summed E-state index contributed by atoms with van der Waals surface area (Å²) < 4.78 is 30.1. The molecule has 2 bridgehead atoms. The first-order valence-electron chi connectivity index (χ1n) is 17.8. The predicted octanol–water partition coefficient (Wildman–Crippen LogP) is 3.29. The number of esters is 4. The molecule has 0 radical (unpaired) electrons. The Hall–Kier alpha value is -4.43. The maximum Gasteiger partial charge on any atom is 0.338 e. The van der Waals surface area contributed by atoms with Crippen molar-refractivity contribution in [3.63, 3.8) is 0 Å². The molecule has 2 aromatic carbocycles. The molecule has 10 atom stereocenters. The van der Waals surface area contributed by atoms with Crippen LogP contribution in [0.1, 0.15) is 82.8 Å².